The largest absolute Gasteiger partial charge is 0.481 e. The molecule has 0 atom stereocenters. The number of rotatable bonds is 5. The van der Waals surface area contributed by atoms with Gasteiger partial charge < -0.3 is 9.72 Å². The number of para-hydroxylation sites is 1. The summed E-state index contributed by atoms with van der Waals surface area (Å²) in [6.07, 6.45) is 3.23. The van der Waals surface area contributed by atoms with Crippen LogP contribution in [0.5, 0.6) is 5.88 Å². The lowest BCUT2D eigenvalue weighted by atomic mass is 9.87. The Labute approximate surface area is 187 Å². The molecule has 7 heteroatoms. The number of benzene rings is 2. The first-order valence-electron chi connectivity index (χ1n) is 10.7. The van der Waals surface area contributed by atoms with Crippen LogP contribution in [0.1, 0.15) is 24.3 Å². The van der Waals surface area contributed by atoms with E-state index in [9.17, 15) is 8.42 Å². The first-order valence-corrected chi connectivity index (χ1v) is 12.2. The lowest BCUT2D eigenvalue weighted by Gasteiger charge is -2.31. The maximum Gasteiger partial charge on any atom is 0.243 e. The second-order valence-electron chi connectivity index (χ2n) is 8.01. The molecule has 2 aromatic heterocycles. The quantitative estimate of drug-likeness (QED) is 0.477. The number of aromatic amines is 1. The summed E-state index contributed by atoms with van der Waals surface area (Å²) in [7, 11) is -1.85. The smallest absolute Gasteiger partial charge is 0.243 e. The van der Waals surface area contributed by atoms with Crippen molar-refractivity contribution in [2.75, 3.05) is 20.2 Å². The zero-order valence-corrected chi connectivity index (χ0v) is 18.7. The average Bonchev–Trinajstić information content (AvgIpc) is 3.24. The maximum absolute atomic E-state index is 13.1. The molecule has 0 aliphatic carbocycles. The van der Waals surface area contributed by atoms with Gasteiger partial charge in [0, 0.05) is 30.2 Å². The third-order valence-electron chi connectivity index (χ3n) is 6.22. The van der Waals surface area contributed by atoms with Crippen LogP contribution in [0.3, 0.4) is 0 Å². The van der Waals surface area contributed by atoms with Crippen molar-refractivity contribution in [3.63, 3.8) is 0 Å². The third kappa shape index (κ3) is 3.57. The van der Waals surface area contributed by atoms with Crippen LogP contribution < -0.4 is 4.74 Å². The molecule has 1 saturated heterocycles. The molecule has 3 heterocycles. The van der Waals surface area contributed by atoms with E-state index in [1.165, 1.54) is 5.56 Å². The van der Waals surface area contributed by atoms with Crippen LogP contribution in [-0.2, 0) is 10.0 Å². The predicted octanol–water partition coefficient (Wildman–Crippen LogP) is 4.81. The fraction of sp³-hybridized carbons (Fsp3) is 0.240. The van der Waals surface area contributed by atoms with Crippen molar-refractivity contribution in [1.29, 1.82) is 0 Å². The van der Waals surface area contributed by atoms with E-state index in [-0.39, 0.29) is 5.92 Å². The molecule has 5 rings (SSSR count). The van der Waals surface area contributed by atoms with E-state index in [1.807, 2.05) is 30.3 Å². The van der Waals surface area contributed by atoms with Gasteiger partial charge in [-0.1, -0.05) is 36.4 Å². The number of aromatic nitrogens is 2. The number of ether oxygens (including phenoxy) is 1. The number of pyridine rings is 1. The molecule has 32 heavy (non-hydrogen) atoms. The Morgan fingerprint density at radius 1 is 0.969 bits per heavy atom. The monoisotopic (exact) mass is 447 g/mol. The minimum absolute atomic E-state index is 0.230. The van der Waals surface area contributed by atoms with Crippen LogP contribution in [-0.4, -0.2) is 42.9 Å². The highest BCUT2D eigenvalue weighted by Crippen LogP contribution is 2.42. The van der Waals surface area contributed by atoms with Crippen molar-refractivity contribution in [3.05, 3.63) is 78.5 Å². The van der Waals surface area contributed by atoms with Gasteiger partial charge in [0.15, 0.2) is 0 Å². The van der Waals surface area contributed by atoms with E-state index < -0.39 is 10.0 Å². The van der Waals surface area contributed by atoms with Crippen LogP contribution in [0, 0.1) is 0 Å². The summed E-state index contributed by atoms with van der Waals surface area (Å²) in [4.78, 5) is 8.30. The Morgan fingerprint density at radius 2 is 1.69 bits per heavy atom. The molecule has 0 saturated carbocycles. The van der Waals surface area contributed by atoms with Crippen molar-refractivity contribution in [2.45, 2.75) is 23.7 Å². The Bertz CT molecular complexity index is 1340. The molecule has 0 amide bonds. The zero-order chi connectivity index (χ0) is 22.1. The normalized spacial score (nSPS) is 15.8. The Balaban J connectivity index is 1.50. The molecule has 0 spiro atoms. The van der Waals surface area contributed by atoms with Gasteiger partial charge in [0.25, 0.3) is 0 Å². The van der Waals surface area contributed by atoms with Gasteiger partial charge >= 0.3 is 0 Å². The molecule has 1 N–H and O–H groups in total. The fourth-order valence-corrected chi connectivity index (χ4v) is 6.16. The molecule has 1 aliphatic rings. The van der Waals surface area contributed by atoms with E-state index in [1.54, 1.807) is 41.9 Å². The molecule has 164 valence electrons. The van der Waals surface area contributed by atoms with Crippen molar-refractivity contribution < 1.29 is 13.2 Å². The number of methoxy groups -OCH3 is 1. The second kappa shape index (κ2) is 8.41. The Kier molecular flexibility index (Phi) is 5.45. The third-order valence-corrected chi connectivity index (χ3v) is 8.14. The van der Waals surface area contributed by atoms with E-state index in [0.717, 1.165) is 35.0 Å². The summed E-state index contributed by atoms with van der Waals surface area (Å²) >= 11 is 0. The van der Waals surface area contributed by atoms with Crippen LogP contribution >= 0.6 is 0 Å². The SMILES string of the molecule is COc1ncccc1-c1[nH]c2ccccc2c1C1CCN(S(=O)(=O)c2ccccc2)CC1. The van der Waals surface area contributed by atoms with E-state index >= 15 is 0 Å². The van der Waals surface area contributed by atoms with Crippen molar-refractivity contribution in [3.8, 4) is 17.1 Å². The highest BCUT2D eigenvalue weighted by molar-refractivity contribution is 7.89. The molecular weight excluding hydrogens is 422 g/mol. The Morgan fingerprint density at radius 3 is 2.44 bits per heavy atom. The lowest BCUT2D eigenvalue weighted by molar-refractivity contribution is 0.320. The van der Waals surface area contributed by atoms with Crippen LogP contribution in [0.4, 0.5) is 0 Å². The van der Waals surface area contributed by atoms with E-state index in [0.29, 0.717) is 23.9 Å². The van der Waals surface area contributed by atoms with Crippen molar-refractivity contribution in [2.24, 2.45) is 0 Å². The molecule has 6 nitrogen and oxygen atoms in total. The van der Waals surface area contributed by atoms with Gasteiger partial charge in [-0.15, -0.1) is 0 Å². The molecule has 0 unspecified atom stereocenters. The minimum atomic E-state index is -3.47. The lowest BCUT2D eigenvalue weighted by Crippen LogP contribution is -2.37. The van der Waals surface area contributed by atoms with Crippen LogP contribution in [0.15, 0.2) is 77.8 Å². The Hall–Kier alpha value is -3.16. The number of nitrogens with zero attached hydrogens (tertiary/aromatic N) is 2. The first kappa shape index (κ1) is 20.7. The summed E-state index contributed by atoms with van der Waals surface area (Å²) in [6.45, 7) is 0.982. The van der Waals surface area contributed by atoms with Crippen molar-refractivity contribution in [1.82, 2.24) is 14.3 Å². The molecule has 1 aliphatic heterocycles. The molecule has 1 fully saturated rings. The average molecular weight is 448 g/mol. The maximum atomic E-state index is 13.1. The van der Waals surface area contributed by atoms with Gasteiger partial charge in [-0.05, 0) is 54.7 Å². The highest BCUT2D eigenvalue weighted by Gasteiger charge is 2.32. The number of sulfonamides is 1. The fourth-order valence-electron chi connectivity index (χ4n) is 4.67. The van der Waals surface area contributed by atoms with Crippen LogP contribution in [0.2, 0.25) is 0 Å². The molecule has 0 bridgehead atoms. The second-order valence-corrected chi connectivity index (χ2v) is 9.95. The number of piperidine rings is 1. The van der Waals surface area contributed by atoms with Gasteiger partial charge in [-0.25, -0.2) is 13.4 Å². The van der Waals surface area contributed by atoms with Crippen molar-refractivity contribution >= 4 is 20.9 Å². The summed E-state index contributed by atoms with van der Waals surface area (Å²) in [6, 6.07) is 20.8. The number of hydrogen-bond donors (Lipinski definition) is 1. The number of hydrogen-bond acceptors (Lipinski definition) is 4. The number of fused-ring (bicyclic) bond motifs is 1. The topological polar surface area (TPSA) is 75.3 Å². The summed E-state index contributed by atoms with van der Waals surface area (Å²) in [5.41, 5.74) is 4.19. The van der Waals surface area contributed by atoms with Gasteiger partial charge in [-0.2, -0.15) is 4.31 Å². The minimum Gasteiger partial charge on any atom is -0.481 e. The van der Waals surface area contributed by atoms with E-state index in [2.05, 4.69) is 22.1 Å². The van der Waals surface area contributed by atoms with Crippen LogP contribution in [0.25, 0.3) is 22.2 Å². The number of nitrogens with one attached hydrogen (secondary N) is 1. The van der Waals surface area contributed by atoms with Gasteiger partial charge in [0.05, 0.1) is 23.3 Å². The molecule has 2 aromatic carbocycles. The van der Waals surface area contributed by atoms with Gasteiger partial charge in [-0.3, -0.25) is 0 Å². The summed E-state index contributed by atoms with van der Waals surface area (Å²) < 4.78 is 33.3. The predicted molar refractivity (Wildman–Crippen MR) is 125 cm³/mol. The summed E-state index contributed by atoms with van der Waals surface area (Å²) in [5, 5.41) is 1.16. The van der Waals surface area contributed by atoms with Gasteiger partial charge in [0.2, 0.25) is 15.9 Å². The molecular formula is C25H25N3O3S. The van der Waals surface area contributed by atoms with Gasteiger partial charge in [0.1, 0.15) is 0 Å². The van der Waals surface area contributed by atoms with E-state index in [4.69, 9.17) is 4.74 Å². The molecule has 0 radical (unpaired) electrons. The zero-order valence-electron chi connectivity index (χ0n) is 17.9. The number of H-pyrrole nitrogens is 1. The standard InChI is InChI=1S/C25H25N3O3S/c1-31-25-21(11-7-15-26-25)24-23(20-10-5-6-12-22(20)27-24)18-13-16-28(17-14-18)32(29,30)19-8-3-2-4-9-19/h2-12,15,18,27H,13-14,16-17H2,1H3. The highest BCUT2D eigenvalue weighted by atomic mass is 32.2. The summed E-state index contributed by atoms with van der Waals surface area (Å²) in [5.74, 6) is 0.803. The first-order chi connectivity index (χ1) is 15.6. The molecule has 4 aromatic rings.